The molecule has 0 spiro atoms. The molecule has 0 saturated heterocycles. The second-order valence-corrected chi connectivity index (χ2v) is 4.64. The van der Waals surface area contributed by atoms with E-state index in [1.165, 1.54) is 27.9 Å². The van der Waals surface area contributed by atoms with Gasteiger partial charge in [0.1, 0.15) is 0 Å². The smallest absolute Gasteiger partial charge is 0.0930 e. The molecular formula is C15H12N2. The third kappa shape index (κ3) is 1.07. The highest BCUT2D eigenvalue weighted by atomic mass is 15.3. The number of nitrogens with zero attached hydrogens (tertiary/aromatic N) is 2. The van der Waals surface area contributed by atoms with Gasteiger partial charge in [0.25, 0.3) is 0 Å². The van der Waals surface area contributed by atoms with E-state index >= 15 is 0 Å². The Bertz CT molecular complexity index is 738. The Hall–Kier alpha value is -2.09. The molecule has 2 aromatic carbocycles. The van der Waals surface area contributed by atoms with Crippen molar-refractivity contribution in [3.8, 4) is 5.69 Å². The molecule has 82 valence electrons. The van der Waals surface area contributed by atoms with E-state index in [-0.39, 0.29) is 0 Å². The van der Waals surface area contributed by atoms with Gasteiger partial charge in [-0.1, -0.05) is 36.4 Å². The second-order valence-electron chi connectivity index (χ2n) is 4.64. The lowest BCUT2D eigenvalue weighted by Crippen LogP contribution is -1.96. The SMILES string of the molecule is Cc1cccc2c1-n1nc3ccccc3c1C2. The Morgan fingerprint density at radius 1 is 1.06 bits per heavy atom. The third-order valence-electron chi connectivity index (χ3n) is 3.57. The highest BCUT2D eigenvalue weighted by Gasteiger charge is 2.23. The highest BCUT2D eigenvalue weighted by Crippen LogP contribution is 2.33. The van der Waals surface area contributed by atoms with Gasteiger partial charge in [0.15, 0.2) is 0 Å². The molecule has 1 aliphatic rings. The van der Waals surface area contributed by atoms with E-state index < -0.39 is 0 Å². The summed E-state index contributed by atoms with van der Waals surface area (Å²) in [4.78, 5) is 0. The zero-order chi connectivity index (χ0) is 11.4. The predicted octanol–water partition coefficient (Wildman–Crippen LogP) is 3.24. The van der Waals surface area contributed by atoms with Gasteiger partial charge in [-0.2, -0.15) is 5.10 Å². The summed E-state index contributed by atoms with van der Waals surface area (Å²) < 4.78 is 2.12. The van der Waals surface area contributed by atoms with E-state index in [2.05, 4.69) is 48.0 Å². The van der Waals surface area contributed by atoms with E-state index in [9.17, 15) is 0 Å². The van der Waals surface area contributed by atoms with E-state index in [1.807, 2.05) is 6.07 Å². The van der Waals surface area contributed by atoms with Crippen LogP contribution in [-0.2, 0) is 6.42 Å². The van der Waals surface area contributed by atoms with Gasteiger partial charge in [-0.3, -0.25) is 0 Å². The first-order chi connectivity index (χ1) is 8.34. The fourth-order valence-corrected chi connectivity index (χ4v) is 2.79. The molecule has 0 unspecified atom stereocenters. The summed E-state index contributed by atoms with van der Waals surface area (Å²) in [6.45, 7) is 2.15. The van der Waals surface area contributed by atoms with Crippen molar-refractivity contribution in [3.05, 3.63) is 59.3 Å². The van der Waals surface area contributed by atoms with Gasteiger partial charge in [-0.15, -0.1) is 0 Å². The summed E-state index contributed by atoms with van der Waals surface area (Å²) in [7, 11) is 0. The third-order valence-corrected chi connectivity index (χ3v) is 3.57. The first-order valence-electron chi connectivity index (χ1n) is 5.90. The van der Waals surface area contributed by atoms with Crippen molar-refractivity contribution in [1.82, 2.24) is 9.78 Å². The van der Waals surface area contributed by atoms with Crippen LogP contribution in [0.3, 0.4) is 0 Å². The summed E-state index contributed by atoms with van der Waals surface area (Å²) in [6.07, 6.45) is 0.998. The summed E-state index contributed by atoms with van der Waals surface area (Å²) in [6, 6.07) is 14.9. The highest BCUT2D eigenvalue weighted by molar-refractivity contribution is 5.84. The molecule has 3 aromatic rings. The standard InChI is InChI=1S/C15H12N2/c1-10-5-4-6-11-9-14-12-7-2-3-8-13(12)16-17(14)15(10)11/h2-8H,9H2,1H3. The maximum atomic E-state index is 4.71. The molecule has 1 aliphatic heterocycles. The maximum absolute atomic E-state index is 4.71. The van der Waals surface area contributed by atoms with Gasteiger partial charge in [0.2, 0.25) is 0 Å². The number of hydrogen-bond donors (Lipinski definition) is 0. The summed E-state index contributed by atoms with van der Waals surface area (Å²) >= 11 is 0. The maximum Gasteiger partial charge on any atom is 0.0930 e. The van der Waals surface area contributed by atoms with Crippen LogP contribution in [0.25, 0.3) is 16.6 Å². The van der Waals surface area contributed by atoms with Crippen LogP contribution in [0.4, 0.5) is 0 Å². The monoisotopic (exact) mass is 220 g/mol. The van der Waals surface area contributed by atoms with Crippen molar-refractivity contribution < 1.29 is 0 Å². The molecule has 0 N–H and O–H groups in total. The van der Waals surface area contributed by atoms with Crippen LogP contribution < -0.4 is 0 Å². The summed E-state index contributed by atoms with van der Waals surface area (Å²) in [5, 5.41) is 5.99. The minimum atomic E-state index is 0.998. The minimum Gasteiger partial charge on any atom is -0.236 e. The molecule has 1 aromatic heterocycles. The lowest BCUT2D eigenvalue weighted by molar-refractivity contribution is 0.879. The number of aryl methyl sites for hydroxylation is 1. The van der Waals surface area contributed by atoms with Crippen LogP contribution in [0.15, 0.2) is 42.5 Å². The Morgan fingerprint density at radius 2 is 1.94 bits per heavy atom. The van der Waals surface area contributed by atoms with Crippen LogP contribution in [0.2, 0.25) is 0 Å². The van der Waals surface area contributed by atoms with Crippen molar-refractivity contribution >= 4 is 10.9 Å². The average Bonchev–Trinajstić information content (AvgIpc) is 2.85. The van der Waals surface area contributed by atoms with E-state index in [0.29, 0.717) is 0 Å². The number of aromatic nitrogens is 2. The molecular weight excluding hydrogens is 208 g/mol. The van der Waals surface area contributed by atoms with E-state index in [4.69, 9.17) is 5.10 Å². The molecule has 17 heavy (non-hydrogen) atoms. The molecule has 2 heterocycles. The van der Waals surface area contributed by atoms with Crippen LogP contribution in [0, 0.1) is 6.92 Å². The molecule has 0 atom stereocenters. The van der Waals surface area contributed by atoms with Crippen LogP contribution in [-0.4, -0.2) is 9.78 Å². The zero-order valence-electron chi connectivity index (χ0n) is 9.64. The number of rotatable bonds is 0. The Balaban J connectivity index is 2.13. The van der Waals surface area contributed by atoms with Gasteiger partial charge in [-0.25, -0.2) is 4.68 Å². The summed E-state index contributed by atoms with van der Waals surface area (Å²) in [5.74, 6) is 0. The number of hydrogen-bond acceptors (Lipinski definition) is 1. The summed E-state index contributed by atoms with van der Waals surface area (Å²) in [5.41, 5.74) is 6.38. The number of para-hydroxylation sites is 1. The molecule has 2 heteroatoms. The number of fused-ring (bicyclic) bond motifs is 5. The normalized spacial score (nSPS) is 12.8. The van der Waals surface area contributed by atoms with Crippen LogP contribution in [0.1, 0.15) is 16.8 Å². The molecule has 4 rings (SSSR count). The van der Waals surface area contributed by atoms with Gasteiger partial charge >= 0.3 is 0 Å². The molecule has 0 bridgehead atoms. The zero-order valence-corrected chi connectivity index (χ0v) is 9.64. The predicted molar refractivity (Wildman–Crippen MR) is 68.6 cm³/mol. The van der Waals surface area contributed by atoms with Crippen molar-refractivity contribution in [2.75, 3.05) is 0 Å². The van der Waals surface area contributed by atoms with E-state index in [1.54, 1.807) is 0 Å². The van der Waals surface area contributed by atoms with Crippen LogP contribution >= 0.6 is 0 Å². The van der Waals surface area contributed by atoms with Gasteiger partial charge < -0.3 is 0 Å². The Kier molecular flexibility index (Phi) is 1.57. The minimum absolute atomic E-state index is 0.998. The fourth-order valence-electron chi connectivity index (χ4n) is 2.79. The average molecular weight is 220 g/mol. The fraction of sp³-hybridized carbons (Fsp3) is 0.133. The number of benzene rings is 2. The van der Waals surface area contributed by atoms with Gasteiger partial charge in [0.05, 0.1) is 16.9 Å². The van der Waals surface area contributed by atoms with Gasteiger partial charge in [-0.05, 0) is 24.1 Å². The second kappa shape index (κ2) is 2.98. The molecule has 2 nitrogen and oxygen atoms in total. The first-order valence-corrected chi connectivity index (χ1v) is 5.90. The topological polar surface area (TPSA) is 17.8 Å². The van der Waals surface area contributed by atoms with Crippen LogP contribution in [0.5, 0.6) is 0 Å². The van der Waals surface area contributed by atoms with Crippen molar-refractivity contribution in [2.45, 2.75) is 13.3 Å². The van der Waals surface area contributed by atoms with Crippen molar-refractivity contribution in [1.29, 1.82) is 0 Å². The first kappa shape index (κ1) is 8.99. The van der Waals surface area contributed by atoms with Crippen molar-refractivity contribution in [2.24, 2.45) is 0 Å². The molecule has 0 aliphatic carbocycles. The van der Waals surface area contributed by atoms with Gasteiger partial charge in [0, 0.05) is 11.8 Å². The van der Waals surface area contributed by atoms with Crippen molar-refractivity contribution in [3.63, 3.8) is 0 Å². The van der Waals surface area contributed by atoms with E-state index in [0.717, 1.165) is 11.9 Å². The lowest BCUT2D eigenvalue weighted by Gasteiger charge is -2.04. The molecule has 0 fully saturated rings. The Morgan fingerprint density at radius 3 is 2.88 bits per heavy atom. The largest absolute Gasteiger partial charge is 0.236 e. The Labute approximate surface area is 99.5 Å². The molecule has 0 amide bonds. The lowest BCUT2D eigenvalue weighted by atomic mass is 10.1. The quantitative estimate of drug-likeness (QED) is 0.445. The molecule has 0 radical (unpaired) electrons. The molecule has 0 saturated carbocycles.